The first-order valence-electron chi connectivity index (χ1n) is 6.54. The molecular formula is C14H26BrNO4. The smallest absolute Gasteiger partial charge is 0.317 e. The summed E-state index contributed by atoms with van der Waals surface area (Å²) in [7, 11) is 0. The summed E-state index contributed by atoms with van der Waals surface area (Å²) in [6, 6.07) is 0. The average molecular weight is 352 g/mol. The lowest BCUT2D eigenvalue weighted by molar-refractivity contribution is -0.152. The number of carboxylic acids is 2. The molecule has 0 bridgehead atoms. The molecule has 0 aliphatic rings. The normalized spacial score (nSPS) is 13.6. The summed E-state index contributed by atoms with van der Waals surface area (Å²) in [4.78, 5) is 23.9. The SMILES string of the molecule is CC(C)(C)C(CBr)(N(CC(=O)O)CC(=O)O)C(C)(C)C. The van der Waals surface area contributed by atoms with Gasteiger partial charge in [0.1, 0.15) is 0 Å². The van der Waals surface area contributed by atoms with E-state index in [1.54, 1.807) is 4.90 Å². The molecule has 0 saturated heterocycles. The summed E-state index contributed by atoms with van der Waals surface area (Å²) in [5.74, 6) is -2.05. The van der Waals surface area contributed by atoms with E-state index in [-0.39, 0.29) is 23.9 Å². The van der Waals surface area contributed by atoms with Crippen molar-refractivity contribution in [3.63, 3.8) is 0 Å². The molecule has 0 rings (SSSR count). The minimum absolute atomic E-state index is 0.299. The second kappa shape index (κ2) is 6.43. The van der Waals surface area contributed by atoms with Crippen LogP contribution in [0.5, 0.6) is 0 Å². The van der Waals surface area contributed by atoms with E-state index in [2.05, 4.69) is 15.9 Å². The van der Waals surface area contributed by atoms with Crippen molar-refractivity contribution in [2.24, 2.45) is 10.8 Å². The highest BCUT2D eigenvalue weighted by Gasteiger charge is 2.54. The highest BCUT2D eigenvalue weighted by atomic mass is 79.9. The molecule has 20 heavy (non-hydrogen) atoms. The molecule has 0 heterocycles. The number of hydrogen-bond acceptors (Lipinski definition) is 3. The predicted molar refractivity (Wildman–Crippen MR) is 82.3 cm³/mol. The maximum Gasteiger partial charge on any atom is 0.317 e. The maximum absolute atomic E-state index is 11.2. The van der Waals surface area contributed by atoms with Gasteiger partial charge in [-0.1, -0.05) is 57.5 Å². The Morgan fingerprint density at radius 2 is 1.20 bits per heavy atom. The van der Waals surface area contributed by atoms with Gasteiger partial charge in [0.05, 0.1) is 13.1 Å². The first-order chi connectivity index (χ1) is 8.79. The zero-order valence-corrected chi connectivity index (χ0v) is 14.7. The van der Waals surface area contributed by atoms with Crippen LogP contribution in [0.15, 0.2) is 0 Å². The minimum Gasteiger partial charge on any atom is -0.480 e. The summed E-state index contributed by atoms with van der Waals surface area (Å²) in [6.07, 6.45) is 0. The van der Waals surface area contributed by atoms with Gasteiger partial charge in [-0.3, -0.25) is 14.5 Å². The van der Waals surface area contributed by atoms with Crippen molar-refractivity contribution < 1.29 is 19.8 Å². The number of halogens is 1. The lowest BCUT2D eigenvalue weighted by Crippen LogP contribution is -2.67. The molecule has 0 spiro atoms. The first kappa shape index (κ1) is 19.4. The van der Waals surface area contributed by atoms with Crippen molar-refractivity contribution in [3.05, 3.63) is 0 Å². The molecule has 0 amide bonds. The van der Waals surface area contributed by atoms with Crippen molar-refractivity contribution in [2.45, 2.75) is 47.1 Å². The van der Waals surface area contributed by atoms with Crippen LogP contribution in [-0.2, 0) is 9.59 Å². The third-order valence-electron chi connectivity index (χ3n) is 3.87. The maximum atomic E-state index is 11.2. The molecular weight excluding hydrogens is 326 g/mol. The lowest BCUT2D eigenvalue weighted by Gasteiger charge is -2.58. The van der Waals surface area contributed by atoms with Crippen molar-refractivity contribution in [3.8, 4) is 0 Å². The van der Waals surface area contributed by atoms with Gasteiger partial charge in [-0.15, -0.1) is 0 Å². The van der Waals surface area contributed by atoms with E-state index >= 15 is 0 Å². The van der Waals surface area contributed by atoms with Crippen LogP contribution in [0.3, 0.4) is 0 Å². The van der Waals surface area contributed by atoms with Crippen LogP contribution in [0.1, 0.15) is 41.5 Å². The Bertz CT molecular complexity index is 338. The van der Waals surface area contributed by atoms with Crippen molar-refractivity contribution in [1.82, 2.24) is 4.90 Å². The van der Waals surface area contributed by atoms with Crippen LogP contribution >= 0.6 is 15.9 Å². The molecule has 0 aliphatic heterocycles. The van der Waals surface area contributed by atoms with E-state index in [0.29, 0.717) is 5.33 Å². The van der Waals surface area contributed by atoms with E-state index < -0.39 is 17.5 Å². The zero-order valence-electron chi connectivity index (χ0n) is 13.2. The standard InChI is InChI=1S/C14H26BrNO4/c1-12(2,3)14(9-15,13(4,5)6)16(7-10(17)18)8-11(19)20/h7-9H2,1-6H3,(H,17,18)(H,19,20). The topological polar surface area (TPSA) is 77.8 Å². The van der Waals surface area contributed by atoms with Gasteiger partial charge in [-0.25, -0.2) is 0 Å². The number of nitrogens with zero attached hydrogens (tertiary/aromatic N) is 1. The van der Waals surface area contributed by atoms with Crippen LogP contribution in [0.25, 0.3) is 0 Å². The molecule has 6 heteroatoms. The van der Waals surface area contributed by atoms with E-state index in [1.807, 2.05) is 41.5 Å². The molecule has 0 saturated carbocycles. The van der Waals surface area contributed by atoms with Crippen LogP contribution in [0.2, 0.25) is 0 Å². The van der Waals surface area contributed by atoms with Crippen molar-refractivity contribution in [1.29, 1.82) is 0 Å². The Labute approximate surface area is 129 Å². The number of aliphatic carboxylic acids is 2. The van der Waals surface area contributed by atoms with Crippen LogP contribution in [0.4, 0.5) is 0 Å². The van der Waals surface area contributed by atoms with E-state index in [1.165, 1.54) is 0 Å². The highest BCUT2D eigenvalue weighted by molar-refractivity contribution is 9.09. The van der Waals surface area contributed by atoms with Gasteiger partial charge < -0.3 is 10.2 Å². The Balaban J connectivity index is 6.00. The summed E-state index contributed by atoms with van der Waals surface area (Å²) in [5.41, 5.74) is -1.23. The summed E-state index contributed by atoms with van der Waals surface area (Å²) in [5, 5.41) is 18.8. The summed E-state index contributed by atoms with van der Waals surface area (Å²) in [6.45, 7) is 11.5. The minimum atomic E-state index is -1.02. The Kier molecular flexibility index (Phi) is 6.23. The third-order valence-corrected chi connectivity index (χ3v) is 4.68. The molecule has 0 aromatic rings. The monoisotopic (exact) mass is 351 g/mol. The molecule has 0 radical (unpaired) electrons. The van der Waals surface area contributed by atoms with Gasteiger partial charge in [-0.2, -0.15) is 0 Å². The fraction of sp³-hybridized carbons (Fsp3) is 0.857. The second-order valence-electron chi connectivity index (χ2n) is 7.14. The molecule has 118 valence electrons. The fourth-order valence-electron chi connectivity index (χ4n) is 3.21. The Morgan fingerprint density at radius 1 is 0.900 bits per heavy atom. The van der Waals surface area contributed by atoms with E-state index in [4.69, 9.17) is 10.2 Å². The quantitative estimate of drug-likeness (QED) is 0.719. The van der Waals surface area contributed by atoms with Gasteiger partial charge in [-0.05, 0) is 10.8 Å². The number of carbonyl (C=O) groups is 2. The van der Waals surface area contributed by atoms with Crippen LogP contribution in [-0.4, -0.2) is 51.0 Å². The fourth-order valence-corrected chi connectivity index (χ4v) is 5.25. The van der Waals surface area contributed by atoms with Crippen molar-refractivity contribution in [2.75, 3.05) is 18.4 Å². The Hall–Kier alpha value is -0.620. The highest BCUT2D eigenvalue weighted by Crippen LogP contribution is 2.49. The van der Waals surface area contributed by atoms with Gasteiger partial charge in [0, 0.05) is 10.9 Å². The third kappa shape index (κ3) is 3.95. The zero-order chi connectivity index (χ0) is 16.4. The molecule has 2 N–H and O–H groups in total. The molecule has 0 aliphatic carbocycles. The molecule has 0 fully saturated rings. The van der Waals surface area contributed by atoms with Gasteiger partial charge in [0.15, 0.2) is 0 Å². The number of rotatable bonds is 6. The first-order valence-corrected chi connectivity index (χ1v) is 7.66. The van der Waals surface area contributed by atoms with Crippen molar-refractivity contribution >= 4 is 27.9 Å². The van der Waals surface area contributed by atoms with E-state index in [9.17, 15) is 9.59 Å². The van der Waals surface area contributed by atoms with Gasteiger partial charge in [0.2, 0.25) is 0 Å². The lowest BCUT2D eigenvalue weighted by atomic mass is 9.60. The average Bonchev–Trinajstić information content (AvgIpc) is 2.11. The van der Waals surface area contributed by atoms with Gasteiger partial charge in [0.25, 0.3) is 0 Å². The predicted octanol–water partition coefficient (Wildman–Crippen LogP) is 2.68. The molecule has 0 aromatic heterocycles. The van der Waals surface area contributed by atoms with Crippen LogP contribution < -0.4 is 0 Å². The number of carboxylic acid groups (broad SMARTS) is 2. The number of alkyl halides is 1. The molecule has 5 nitrogen and oxygen atoms in total. The summed E-state index contributed by atoms with van der Waals surface area (Å²) < 4.78 is 0. The molecule has 0 aromatic carbocycles. The van der Waals surface area contributed by atoms with E-state index in [0.717, 1.165) is 0 Å². The van der Waals surface area contributed by atoms with Gasteiger partial charge >= 0.3 is 11.9 Å². The molecule has 0 atom stereocenters. The van der Waals surface area contributed by atoms with Crippen LogP contribution in [0, 0.1) is 10.8 Å². The summed E-state index contributed by atoms with van der Waals surface area (Å²) >= 11 is 3.50. The number of hydrogen-bond donors (Lipinski definition) is 2. The largest absolute Gasteiger partial charge is 0.480 e. The second-order valence-corrected chi connectivity index (χ2v) is 7.70. The Morgan fingerprint density at radius 3 is 1.35 bits per heavy atom. The molecule has 0 unspecified atom stereocenters.